The SMILES string of the molecule is COCCCN1CCOc2ccc(CO[C@H]3CN(C(=O)O)[C@](CC(C)(C)C(N)=O)(C(C)(C)C)C[C@@H]3c3ccc(COCCOC)cc3)cc21. The first kappa shape index (κ1) is 38.4. The molecular formula is C38H57N3O8. The van der Waals surface area contributed by atoms with E-state index in [2.05, 4.69) is 35.2 Å². The minimum atomic E-state index is -1.04. The van der Waals surface area contributed by atoms with Crippen LogP contribution in [-0.4, -0.2) is 93.9 Å². The number of carbonyl (C=O) groups excluding carboxylic acids is 1. The monoisotopic (exact) mass is 683 g/mol. The van der Waals surface area contributed by atoms with Gasteiger partial charge in [-0.1, -0.05) is 65.0 Å². The summed E-state index contributed by atoms with van der Waals surface area (Å²) < 4.78 is 28.8. The van der Waals surface area contributed by atoms with Crippen molar-refractivity contribution in [2.24, 2.45) is 16.6 Å². The van der Waals surface area contributed by atoms with Crippen LogP contribution in [0.2, 0.25) is 0 Å². The Labute approximate surface area is 292 Å². The molecule has 0 saturated carbocycles. The van der Waals surface area contributed by atoms with Crippen LogP contribution in [0, 0.1) is 10.8 Å². The zero-order valence-electron chi connectivity index (χ0n) is 30.5. The molecule has 1 fully saturated rings. The van der Waals surface area contributed by atoms with Gasteiger partial charge in [0.15, 0.2) is 0 Å². The minimum Gasteiger partial charge on any atom is -0.490 e. The van der Waals surface area contributed by atoms with E-state index in [0.29, 0.717) is 46.1 Å². The first-order chi connectivity index (χ1) is 23.2. The number of rotatable bonds is 16. The fourth-order valence-electron chi connectivity index (χ4n) is 7.25. The normalized spacial score (nSPS) is 21.3. The lowest BCUT2D eigenvalue weighted by molar-refractivity contribution is -0.137. The van der Waals surface area contributed by atoms with E-state index < -0.39 is 34.5 Å². The number of primary amides is 1. The Morgan fingerprint density at radius 3 is 2.31 bits per heavy atom. The van der Waals surface area contributed by atoms with Crippen LogP contribution >= 0.6 is 0 Å². The van der Waals surface area contributed by atoms with Crippen molar-refractivity contribution in [1.29, 1.82) is 0 Å². The van der Waals surface area contributed by atoms with Gasteiger partial charge >= 0.3 is 6.09 Å². The van der Waals surface area contributed by atoms with Gasteiger partial charge in [0.2, 0.25) is 5.91 Å². The Bertz CT molecular complexity index is 1390. The highest BCUT2D eigenvalue weighted by atomic mass is 16.5. The molecule has 3 N–H and O–H groups in total. The number of hydrogen-bond donors (Lipinski definition) is 2. The number of amides is 2. The van der Waals surface area contributed by atoms with Crippen molar-refractivity contribution in [3.63, 3.8) is 0 Å². The van der Waals surface area contributed by atoms with E-state index in [9.17, 15) is 14.7 Å². The molecule has 0 aromatic heterocycles. The number of hydrogen-bond acceptors (Lipinski definition) is 8. The van der Waals surface area contributed by atoms with Crippen molar-refractivity contribution in [1.82, 2.24) is 4.90 Å². The van der Waals surface area contributed by atoms with E-state index in [0.717, 1.165) is 47.6 Å². The number of carboxylic acid groups (broad SMARTS) is 1. The van der Waals surface area contributed by atoms with Gasteiger partial charge in [0.25, 0.3) is 0 Å². The summed E-state index contributed by atoms with van der Waals surface area (Å²) in [4.78, 5) is 29.6. The molecule has 0 radical (unpaired) electrons. The van der Waals surface area contributed by atoms with Crippen LogP contribution in [0.4, 0.5) is 10.5 Å². The number of nitrogens with two attached hydrogens (primary N) is 1. The molecule has 2 amide bonds. The maximum absolute atomic E-state index is 13.1. The molecule has 2 aromatic carbocycles. The van der Waals surface area contributed by atoms with Gasteiger partial charge in [-0.2, -0.15) is 0 Å². The number of ether oxygens (including phenoxy) is 5. The highest BCUT2D eigenvalue weighted by Gasteiger charge is 2.57. The second-order valence-corrected chi connectivity index (χ2v) is 15.0. The van der Waals surface area contributed by atoms with Crippen LogP contribution in [0.3, 0.4) is 0 Å². The number of fused-ring (bicyclic) bond motifs is 1. The van der Waals surface area contributed by atoms with E-state index in [-0.39, 0.29) is 18.9 Å². The number of nitrogens with zero attached hydrogens (tertiary/aromatic N) is 2. The molecule has 0 unspecified atom stereocenters. The molecule has 49 heavy (non-hydrogen) atoms. The number of benzene rings is 2. The van der Waals surface area contributed by atoms with Gasteiger partial charge in [-0.25, -0.2) is 4.79 Å². The molecule has 11 nitrogen and oxygen atoms in total. The van der Waals surface area contributed by atoms with E-state index in [1.807, 2.05) is 32.9 Å². The zero-order valence-corrected chi connectivity index (χ0v) is 30.5. The summed E-state index contributed by atoms with van der Waals surface area (Å²) in [6.07, 6.45) is 0.162. The maximum atomic E-state index is 13.1. The number of piperidine rings is 1. The fraction of sp³-hybridized carbons (Fsp3) is 0.632. The van der Waals surface area contributed by atoms with Gasteiger partial charge in [0.1, 0.15) is 12.4 Å². The smallest absolute Gasteiger partial charge is 0.407 e. The Hall–Kier alpha value is -3.38. The molecule has 0 spiro atoms. The molecule has 4 rings (SSSR count). The average molecular weight is 684 g/mol. The third kappa shape index (κ3) is 9.25. The van der Waals surface area contributed by atoms with Crippen molar-refractivity contribution < 1.29 is 38.4 Å². The summed E-state index contributed by atoms with van der Waals surface area (Å²) in [6, 6.07) is 14.4. The maximum Gasteiger partial charge on any atom is 0.407 e. The predicted molar refractivity (Wildman–Crippen MR) is 189 cm³/mol. The summed E-state index contributed by atoms with van der Waals surface area (Å²) in [7, 11) is 3.36. The summed E-state index contributed by atoms with van der Waals surface area (Å²) in [6.45, 7) is 14.7. The number of methoxy groups -OCH3 is 2. The lowest BCUT2D eigenvalue weighted by atomic mass is 9.58. The van der Waals surface area contributed by atoms with E-state index in [1.54, 1.807) is 28.1 Å². The largest absolute Gasteiger partial charge is 0.490 e. The molecule has 2 aliphatic heterocycles. The summed E-state index contributed by atoms with van der Waals surface area (Å²) >= 11 is 0. The van der Waals surface area contributed by atoms with Crippen molar-refractivity contribution >= 4 is 17.7 Å². The first-order valence-electron chi connectivity index (χ1n) is 17.3. The van der Waals surface area contributed by atoms with Crippen LogP contribution in [-0.2, 0) is 37.0 Å². The first-order valence-corrected chi connectivity index (χ1v) is 17.3. The third-order valence-corrected chi connectivity index (χ3v) is 10.2. The second kappa shape index (κ2) is 16.6. The van der Waals surface area contributed by atoms with Crippen molar-refractivity contribution in [3.8, 4) is 5.75 Å². The third-order valence-electron chi connectivity index (χ3n) is 10.2. The van der Waals surface area contributed by atoms with Gasteiger partial charge in [-0.05, 0) is 53.5 Å². The van der Waals surface area contributed by atoms with Crippen LogP contribution in [0.15, 0.2) is 42.5 Å². The summed E-state index contributed by atoms with van der Waals surface area (Å²) in [5, 5.41) is 10.7. The molecule has 11 heteroatoms. The van der Waals surface area contributed by atoms with Crippen molar-refractivity contribution in [3.05, 3.63) is 59.2 Å². The predicted octanol–water partition coefficient (Wildman–Crippen LogP) is 5.82. The van der Waals surface area contributed by atoms with Gasteiger partial charge < -0.3 is 39.4 Å². The molecule has 272 valence electrons. The number of likely N-dealkylation sites (tertiary alicyclic amines) is 1. The van der Waals surface area contributed by atoms with Crippen molar-refractivity contribution in [2.75, 3.05) is 65.2 Å². The molecular weight excluding hydrogens is 626 g/mol. The lowest BCUT2D eigenvalue weighted by Crippen LogP contribution is -2.67. The topological polar surface area (TPSA) is 133 Å². The zero-order chi connectivity index (χ0) is 35.8. The Morgan fingerprint density at radius 2 is 1.67 bits per heavy atom. The minimum absolute atomic E-state index is 0.144. The number of carbonyl (C=O) groups is 2. The van der Waals surface area contributed by atoms with Crippen LogP contribution < -0.4 is 15.4 Å². The van der Waals surface area contributed by atoms with E-state index >= 15 is 0 Å². The fourth-order valence-corrected chi connectivity index (χ4v) is 7.25. The van der Waals surface area contributed by atoms with Gasteiger partial charge in [0, 0.05) is 38.7 Å². The van der Waals surface area contributed by atoms with E-state index in [4.69, 9.17) is 29.4 Å². The molecule has 2 heterocycles. The Morgan fingerprint density at radius 1 is 0.980 bits per heavy atom. The van der Waals surface area contributed by atoms with Gasteiger partial charge in [-0.15, -0.1) is 0 Å². The molecule has 0 bridgehead atoms. The van der Waals surface area contributed by atoms with Crippen LogP contribution in [0.1, 0.15) is 76.5 Å². The van der Waals surface area contributed by atoms with E-state index in [1.165, 1.54) is 4.90 Å². The van der Waals surface area contributed by atoms with Gasteiger partial charge in [-0.3, -0.25) is 9.69 Å². The summed E-state index contributed by atoms with van der Waals surface area (Å²) in [5.41, 5.74) is 7.60. The molecule has 1 saturated heterocycles. The molecule has 2 aliphatic rings. The number of anilines is 1. The summed E-state index contributed by atoms with van der Waals surface area (Å²) in [5.74, 6) is 0.230. The van der Waals surface area contributed by atoms with Crippen LogP contribution in [0.5, 0.6) is 5.75 Å². The van der Waals surface area contributed by atoms with Gasteiger partial charge in [0.05, 0.1) is 56.8 Å². The standard InChI is InChI=1S/C38H57N3O8/c1-36(2,3)38(26-37(4,5)34(39)42)22-30(29-12-9-27(10-13-29)24-47-20-19-46-7)33(23-41(38)35(43)44)49-25-28-11-14-32-31(21-28)40(16-18-48-32)15-8-17-45-6/h9-14,21,30,33H,8,15-20,22-26H2,1-7H3,(H2,39,42)(H,43,44)/t30-,33+,38-/m1/s1. The van der Waals surface area contributed by atoms with Crippen molar-refractivity contribution in [2.45, 2.75) is 84.7 Å². The molecule has 0 aliphatic carbocycles. The Balaban J connectivity index is 1.67. The Kier molecular flexibility index (Phi) is 13.0. The van der Waals surface area contributed by atoms with Crippen LogP contribution in [0.25, 0.3) is 0 Å². The average Bonchev–Trinajstić information content (AvgIpc) is 3.05. The lowest BCUT2D eigenvalue weighted by Gasteiger charge is -2.59. The second-order valence-electron chi connectivity index (χ2n) is 15.0. The molecule has 3 atom stereocenters. The quantitative estimate of drug-likeness (QED) is 0.210. The highest BCUT2D eigenvalue weighted by molar-refractivity contribution is 5.80. The highest BCUT2D eigenvalue weighted by Crippen LogP contribution is 2.53. The molecule has 2 aromatic rings.